The molecule has 0 aliphatic carbocycles. The molecule has 164 valence electrons. The summed E-state index contributed by atoms with van der Waals surface area (Å²) in [6.07, 6.45) is 1.41. The number of aliphatic imine (C=N–C) groups is 1. The summed E-state index contributed by atoms with van der Waals surface area (Å²) in [5, 5.41) is 6.47. The van der Waals surface area contributed by atoms with Crippen molar-refractivity contribution in [2.24, 2.45) is 4.99 Å². The normalized spacial score (nSPS) is 12.1. The molecule has 1 rings (SSSR count). The van der Waals surface area contributed by atoms with Gasteiger partial charge in [-0.15, -0.1) is 0 Å². The minimum absolute atomic E-state index is 0.00948. The molecule has 9 heteroatoms. The maximum absolute atomic E-state index is 12.1. The zero-order valence-corrected chi connectivity index (χ0v) is 19.1. The molecular formula is C20H35N5O3S. The second-order valence-electron chi connectivity index (χ2n) is 6.91. The van der Waals surface area contributed by atoms with E-state index in [-0.39, 0.29) is 11.7 Å². The zero-order valence-electron chi connectivity index (χ0n) is 18.2. The lowest BCUT2D eigenvalue weighted by Gasteiger charge is -2.15. The van der Waals surface area contributed by atoms with Gasteiger partial charge in [-0.05, 0) is 44.4 Å². The van der Waals surface area contributed by atoms with Crippen LogP contribution in [0.4, 0.5) is 0 Å². The summed E-state index contributed by atoms with van der Waals surface area (Å²) in [6.45, 7) is 6.04. The molecule has 0 heterocycles. The van der Waals surface area contributed by atoms with Crippen molar-refractivity contribution in [3.05, 3.63) is 35.4 Å². The number of hydrogen-bond acceptors (Lipinski definition) is 4. The molecule has 0 aromatic heterocycles. The number of carbonyl (C=O) groups is 1. The van der Waals surface area contributed by atoms with E-state index in [1.807, 2.05) is 31.2 Å². The van der Waals surface area contributed by atoms with Crippen LogP contribution in [-0.2, 0) is 16.4 Å². The van der Waals surface area contributed by atoms with Gasteiger partial charge in [0.1, 0.15) is 0 Å². The summed E-state index contributed by atoms with van der Waals surface area (Å²) < 4.78 is 24.9. The molecule has 1 amide bonds. The van der Waals surface area contributed by atoms with E-state index in [1.54, 1.807) is 33.0 Å². The first-order valence-corrected chi connectivity index (χ1v) is 11.6. The minimum Gasteiger partial charge on any atom is -0.357 e. The van der Waals surface area contributed by atoms with Gasteiger partial charge in [0.15, 0.2) is 5.96 Å². The van der Waals surface area contributed by atoms with Crippen molar-refractivity contribution in [3.8, 4) is 0 Å². The molecule has 0 atom stereocenters. The first-order chi connectivity index (χ1) is 13.7. The highest BCUT2D eigenvalue weighted by atomic mass is 32.2. The molecular weight excluding hydrogens is 390 g/mol. The van der Waals surface area contributed by atoms with E-state index in [9.17, 15) is 13.2 Å². The first kappa shape index (κ1) is 24.9. The Bertz CT molecular complexity index is 778. The van der Waals surface area contributed by atoms with E-state index in [4.69, 9.17) is 0 Å². The van der Waals surface area contributed by atoms with E-state index in [1.165, 1.54) is 4.31 Å². The van der Waals surface area contributed by atoms with Gasteiger partial charge in [0, 0.05) is 52.9 Å². The van der Waals surface area contributed by atoms with Gasteiger partial charge in [-0.1, -0.05) is 12.1 Å². The molecule has 0 unspecified atom stereocenters. The molecule has 0 saturated carbocycles. The van der Waals surface area contributed by atoms with Crippen molar-refractivity contribution < 1.29 is 13.2 Å². The second kappa shape index (κ2) is 12.4. The van der Waals surface area contributed by atoms with Crippen LogP contribution < -0.4 is 10.6 Å². The first-order valence-electron chi connectivity index (χ1n) is 9.98. The van der Waals surface area contributed by atoms with Gasteiger partial charge >= 0.3 is 0 Å². The zero-order chi connectivity index (χ0) is 21.9. The van der Waals surface area contributed by atoms with Crippen LogP contribution in [0.2, 0.25) is 0 Å². The summed E-state index contributed by atoms with van der Waals surface area (Å²) in [7, 11) is 1.94. The van der Waals surface area contributed by atoms with Crippen molar-refractivity contribution in [1.29, 1.82) is 0 Å². The standard InChI is InChI=1S/C20H35N5O3S/c1-6-21-20(22-13-9-15-25(5)29(27,28)7-2)23-14-12-17-10-8-11-18(16-17)19(26)24(3)4/h8,10-11,16H,6-7,9,12-15H2,1-5H3,(H2,21,22,23). The molecule has 0 aliphatic heterocycles. The number of nitrogens with one attached hydrogen (secondary N) is 2. The van der Waals surface area contributed by atoms with Crippen LogP contribution in [0.5, 0.6) is 0 Å². The van der Waals surface area contributed by atoms with Gasteiger partial charge in [-0.25, -0.2) is 12.7 Å². The molecule has 29 heavy (non-hydrogen) atoms. The Morgan fingerprint density at radius 3 is 2.48 bits per heavy atom. The summed E-state index contributed by atoms with van der Waals surface area (Å²) >= 11 is 0. The molecule has 1 aromatic carbocycles. The Hall–Kier alpha value is -2.13. The van der Waals surface area contributed by atoms with Crippen LogP contribution in [0.15, 0.2) is 29.3 Å². The Kier molecular flexibility index (Phi) is 10.7. The average molecular weight is 426 g/mol. The van der Waals surface area contributed by atoms with Gasteiger partial charge in [-0.3, -0.25) is 9.79 Å². The molecule has 0 aliphatic rings. The lowest BCUT2D eigenvalue weighted by atomic mass is 10.1. The quantitative estimate of drug-likeness (QED) is 0.315. The number of guanidine groups is 1. The van der Waals surface area contributed by atoms with Crippen LogP contribution >= 0.6 is 0 Å². The summed E-state index contributed by atoms with van der Waals surface area (Å²) in [5.41, 5.74) is 1.76. The second-order valence-corrected chi connectivity index (χ2v) is 9.28. The third-order valence-corrected chi connectivity index (χ3v) is 6.23. The van der Waals surface area contributed by atoms with E-state index in [0.717, 1.165) is 18.5 Å². The van der Waals surface area contributed by atoms with Crippen molar-refractivity contribution in [2.45, 2.75) is 26.7 Å². The van der Waals surface area contributed by atoms with Crippen molar-refractivity contribution in [2.75, 3.05) is 53.1 Å². The molecule has 0 bridgehead atoms. The van der Waals surface area contributed by atoms with E-state index in [2.05, 4.69) is 15.6 Å². The van der Waals surface area contributed by atoms with Crippen LogP contribution in [-0.4, -0.2) is 82.6 Å². The van der Waals surface area contributed by atoms with E-state index < -0.39 is 10.0 Å². The van der Waals surface area contributed by atoms with Crippen molar-refractivity contribution >= 4 is 21.9 Å². The highest BCUT2D eigenvalue weighted by Gasteiger charge is 2.13. The third kappa shape index (κ3) is 8.82. The Morgan fingerprint density at radius 2 is 1.86 bits per heavy atom. The van der Waals surface area contributed by atoms with Crippen LogP contribution in [0.3, 0.4) is 0 Å². The fourth-order valence-electron chi connectivity index (χ4n) is 2.63. The molecule has 2 N–H and O–H groups in total. The SMILES string of the molecule is CCNC(=NCCCN(C)S(=O)(=O)CC)NCCc1cccc(C(=O)N(C)C)c1. The maximum Gasteiger partial charge on any atom is 0.253 e. The van der Waals surface area contributed by atoms with Gasteiger partial charge in [0.2, 0.25) is 10.0 Å². The maximum atomic E-state index is 12.1. The molecule has 0 radical (unpaired) electrons. The van der Waals surface area contributed by atoms with Gasteiger partial charge in [0.05, 0.1) is 5.75 Å². The Balaban J connectivity index is 2.53. The number of hydrogen-bond donors (Lipinski definition) is 2. The number of nitrogens with zero attached hydrogens (tertiary/aromatic N) is 3. The average Bonchev–Trinajstić information content (AvgIpc) is 2.70. The predicted octanol–water partition coefficient (Wildman–Crippen LogP) is 1.16. The third-order valence-electron chi connectivity index (χ3n) is 4.37. The Morgan fingerprint density at radius 1 is 1.14 bits per heavy atom. The van der Waals surface area contributed by atoms with Crippen LogP contribution in [0.25, 0.3) is 0 Å². The number of amides is 1. The van der Waals surface area contributed by atoms with E-state index >= 15 is 0 Å². The molecule has 0 spiro atoms. The number of benzene rings is 1. The topological polar surface area (TPSA) is 94.1 Å². The number of carbonyl (C=O) groups excluding carboxylic acids is 1. The molecule has 8 nitrogen and oxygen atoms in total. The van der Waals surface area contributed by atoms with Gasteiger partial charge in [-0.2, -0.15) is 0 Å². The van der Waals surface area contributed by atoms with Crippen molar-refractivity contribution in [3.63, 3.8) is 0 Å². The highest BCUT2D eigenvalue weighted by Crippen LogP contribution is 2.07. The van der Waals surface area contributed by atoms with Gasteiger partial charge < -0.3 is 15.5 Å². The smallest absolute Gasteiger partial charge is 0.253 e. The van der Waals surface area contributed by atoms with Crippen molar-refractivity contribution in [1.82, 2.24) is 19.8 Å². The molecule has 0 saturated heterocycles. The molecule has 1 aromatic rings. The van der Waals surface area contributed by atoms with Gasteiger partial charge in [0.25, 0.3) is 5.91 Å². The highest BCUT2D eigenvalue weighted by molar-refractivity contribution is 7.89. The van der Waals surface area contributed by atoms with Crippen LogP contribution in [0.1, 0.15) is 36.2 Å². The lowest BCUT2D eigenvalue weighted by molar-refractivity contribution is 0.0827. The fourth-order valence-corrected chi connectivity index (χ4v) is 3.48. The molecule has 0 fully saturated rings. The lowest BCUT2D eigenvalue weighted by Crippen LogP contribution is -2.38. The number of rotatable bonds is 11. The Labute approximate surface area is 175 Å². The number of sulfonamides is 1. The summed E-state index contributed by atoms with van der Waals surface area (Å²) in [5.74, 6) is 0.803. The van der Waals surface area contributed by atoms with Crippen LogP contribution in [0, 0.1) is 0 Å². The predicted molar refractivity (Wildman–Crippen MR) is 119 cm³/mol. The van der Waals surface area contributed by atoms with E-state index in [0.29, 0.717) is 37.6 Å². The largest absolute Gasteiger partial charge is 0.357 e. The minimum atomic E-state index is -3.14. The monoisotopic (exact) mass is 425 g/mol. The fraction of sp³-hybridized carbons (Fsp3) is 0.600. The summed E-state index contributed by atoms with van der Waals surface area (Å²) in [4.78, 5) is 18.2. The summed E-state index contributed by atoms with van der Waals surface area (Å²) in [6, 6.07) is 7.63.